The molecule has 1 atom stereocenters. The van der Waals surface area contributed by atoms with Crippen molar-refractivity contribution in [2.75, 3.05) is 36.4 Å². The average Bonchev–Trinajstić information content (AvgIpc) is 2.64. The van der Waals surface area contributed by atoms with Gasteiger partial charge in [0.2, 0.25) is 5.91 Å². The van der Waals surface area contributed by atoms with Crippen molar-refractivity contribution in [1.29, 1.82) is 0 Å². The van der Waals surface area contributed by atoms with Crippen molar-refractivity contribution in [2.24, 2.45) is 0 Å². The van der Waals surface area contributed by atoms with Gasteiger partial charge in [-0.2, -0.15) is 0 Å². The fourth-order valence-corrected chi connectivity index (χ4v) is 3.31. The van der Waals surface area contributed by atoms with Gasteiger partial charge < -0.3 is 10.2 Å². The monoisotopic (exact) mass is 375 g/mol. The first kappa shape index (κ1) is 18.7. The molecule has 0 spiro atoms. The summed E-state index contributed by atoms with van der Waals surface area (Å²) >= 11 is 6.07. The summed E-state index contributed by atoms with van der Waals surface area (Å²) in [4.78, 5) is 16.9. The Morgan fingerprint density at radius 2 is 1.88 bits per heavy atom. The second kappa shape index (κ2) is 8.06. The van der Waals surface area contributed by atoms with Gasteiger partial charge >= 0.3 is 0 Å². The third-order valence-electron chi connectivity index (χ3n) is 4.85. The highest BCUT2D eigenvalue weighted by Gasteiger charge is 2.26. The summed E-state index contributed by atoms with van der Waals surface area (Å²) in [7, 11) is 0. The molecule has 2 aromatic carbocycles. The molecule has 1 unspecified atom stereocenters. The van der Waals surface area contributed by atoms with Gasteiger partial charge in [-0.3, -0.25) is 9.69 Å². The molecule has 1 N–H and O–H groups in total. The van der Waals surface area contributed by atoms with E-state index < -0.39 is 0 Å². The number of anilines is 2. The molecule has 138 valence electrons. The van der Waals surface area contributed by atoms with E-state index >= 15 is 0 Å². The number of carbonyl (C=O) groups is 1. The van der Waals surface area contributed by atoms with Crippen LogP contribution < -0.4 is 10.2 Å². The van der Waals surface area contributed by atoms with Gasteiger partial charge in [-0.1, -0.05) is 23.7 Å². The highest BCUT2D eigenvalue weighted by atomic mass is 35.5. The van der Waals surface area contributed by atoms with Crippen molar-refractivity contribution >= 4 is 28.9 Å². The van der Waals surface area contributed by atoms with Crippen LogP contribution >= 0.6 is 11.6 Å². The van der Waals surface area contributed by atoms with Gasteiger partial charge in [0.15, 0.2) is 0 Å². The lowest BCUT2D eigenvalue weighted by Gasteiger charge is -2.38. The summed E-state index contributed by atoms with van der Waals surface area (Å²) in [5.41, 5.74) is 2.15. The summed E-state index contributed by atoms with van der Waals surface area (Å²) in [6.45, 7) is 6.80. The molecule has 1 aliphatic heterocycles. The van der Waals surface area contributed by atoms with E-state index in [9.17, 15) is 9.18 Å². The van der Waals surface area contributed by atoms with Crippen LogP contribution in [0.1, 0.15) is 12.5 Å². The standard InChI is InChI=1S/C20H23ClFN3O/c1-14-6-7-17(13-19(14)22)23-20(26)15(2)24-8-10-25(11-9-24)18-5-3-4-16(21)12-18/h3-7,12-13,15H,8-11H2,1-2H3,(H,23,26). The molecule has 1 amide bonds. The van der Waals surface area contributed by atoms with Gasteiger partial charge in [0.25, 0.3) is 0 Å². The summed E-state index contributed by atoms with van der Waals surface area (Å²) in [5.74, 6) is -0.435. The zero-order valence-electron chi connectivity index (χ0n) is 15.0. The number of hydrogen-bond donors (Lipinski definition) is 1. The fourth-order valence-electron chi connectivity index (χ4n) is 3.12. The van der Waals surface area contributed by atoms with Gasteiger partial charge in [0.1, 0.15) is 5.82 Å². The molecular formula is C20H23ClFN3O. The third kappa shape index (κ3) is 4.34. The molecular weight excluding hydrogens is 353 g/mol. The van der Waals surface area contributed by atoms with Gasteiger partial charge in [-0.05, 0) is 49.7 Å². The van der Waals surface area contributed by atoms with Crippen LogP contribution in [0.2, 0.25) is 5.02 Å². The maximum Gasteiger partial charge on any atom is 0.241 e. The first-order valence-electron chi connectivity index (χ1n) is 8.75. The first-order valence-corrected chi connectivity index (χ1v) is 9.13. The fraction of sp³-hybridized carbons (Fsp3) is 0.350. The molecule has 26 heavy (non-hydrogen) atoms. The van der Waals surface area contributed by atoms with Gasteiger partial charge in [-0.15, -0.1) is 0 Å². The Kier molecular flexibility index (Phi) is 5.79. The van der Waals surface area contributed by atoms with Crippen LogP contribution in [0.25, 0.3) is 0 Å². The summed E-state index contributed by atoms with van der Waals surface area (Å²) in [5, 5.41) is 3.53. The maximum atomic E-state index is 13.6. The van der Waals surface area contributed by atoms with Crippen LogP contribution in [0, 0.1) is 12.7 Å². The van der Waals surface area contributed by atoms with E-state index in [1.54, 1.807) is 19.1 Å². The molecule has 6 heteroatoms. The SMILES string of the molecule is Cc1ccc(NC(=O)C(C)N2CCN(c3cccc(Cl)c3)CC2)cc1F. The minimum Gasteiger partial charge on any atom is -0.369 e. The van der Waals surface area contributed by atoms with Gasteiger partial charge in [0.05, 0.1) is 6.04 Å². The second-order valence-electron chi connectivity index (χ2n) is 6.63. The van der Waals surface area contributed by atoms with Crippen molar-refractivity contribution in [3.05, 3.63) is 58.9 Å². The van der Waals surface area contributed by atoms with Crippen molar-refractivity contribution in [3.8, 4) is 0 Å². The number of aryl methyl sites for hydroxylation is 1. The Morgan fingerprint density at radius 1 is 1.15 bits per heavy atom. The summed E-state index contributed by atoms with van der Waals surface area (Å²) < 4.78 is 13.6. The number of rotatable bonds is 4. The van der Waals surface area contributed by atoms with Crippen LogP contribution in [0.4, 0.5) is 15.8 Å². The number of nitrogens with zero attached hydrogens (tertiary/aromatic N) is 2. The Labute approximate surface area is 158 Å². The Bertz CT molecular complexity index is 790. The number of halogens is 2. The van der Waals surface area contributed by atoms with E-state index in [-0.39, 0.29) is 17.8 Å². The maximum absolute atomic E-state index is 13.6. The molecule has 1 aliphatic rings. The molecule has 3 rings (SSSR count). The predicted octanol–water partition coefficient (Wildman–Crippen LogP) is 3.94. The number of carbonyl (C=O) groups excluding carboxylic acids is 1. The van der Waals surface area contributed by atoms with Crippen molar-refractivity contribution in [3.63, 3.8) is 0 Å². The Hall–Kier alpha value is -2.11. The largest absolute Gasteiger partial charge is 0.369 e. The van der Waals surface area contributed by atoms with E-state index in [1.807, 2.05) is 31.2 Å². The molecule has 0 aromatic heterocycles. The minimum absolute atomic E-state index is 0.121. The number of hydrogen-bond acceptors (Lipinski definition) is 3. The molecule has 2 aromatic rings. The topological polar surface area (TPSA) is 35.6 Å². The zero-order valence-corrected chi connectivity index (χ0v) is 15.8. The molecule has 0 saturated carbocycles. The van der Waals surface area contributed by atoms with Crippen LogP contribution in [-0.2, 0) is 4.79 Å². The van der Waals surface area contributed by atoms with Crippen molar-refractivity contribution in [2.45, 2.75) is 19.9 Å². The molecule has 0 aliphatic carbocycles. The van der Waals surface area contributed by atoms with E-state index in [0.29, 0.717) is 11.3 Å². The lowest BCUT2D eigenvalue weighted by Crippen LogP contribution is -2.52. The van der Waals surface area contributed by atoms with Crippen LogP contribution in [0.3, 0.4) is 0 Å². The summed E-state index contributed by atoms with van der Waals surface area (Å²) in [6, 6.07) is 12.3. The van der Waals surface area contributed by atoms with Crippen molar-refractivity contribution < 1.29 is 9.18 Å². The Balaban J connectivity index is 1.56. The number of nitrogens with one attached hydrogen (secondary N) is 1. The molecule has 1 fully saturated rings. The molecule has 1 saturated heterocycles. The van der Waals surface area contributed by atoms with Crippen molar-refractivity contribution in [1.82, 2.24) is 4.90 Å². The molecule has 1 heterocycles. The molecule has 0 bridgehead atoms. The Morgan fingerprint density at radius 3 is 2.54 bits per heavy atom. The van der Waals surface area contributed by atoms with E-state index in [0.717, 1.165) is 36.9 Å². The highest BCUT2D eigenvalue weighted by molar-refractivity contribution is 6.30. The van der Waals surface area contributed by atoms with Crippen LogP contribution in [0.15, 0.2) is 42.5 Å². The van der Waals surface area contributed by atoms with Crippen LogP contribution in [-0.4, -0.2) is 43.0 Å². The zero-order chi connectivity index (χ0) is 18.7. The normalized spacial score (nSPS) is 16.4. The van der Waals surface area contributed by atoms with E-state index in [1.165, 1.54) is 6.07 Å². The molecule has 4 nitrogen and oxygen atoms in total. The summed E-state index contributed by atoms with van der Waals surface area (Å²) in [6.07, 6.45) is 0. The van der Waals surface area contributed by atoms with E-state index in [2.05, 4.69) is 15.1 Å². The lowest BCUT2D eigenvalue weighted by molar-refractivity contribution is -0.120. The van der Waals surface area contributed by atoms with E-state index in [4.69, 9.17) is 11.6 Å². The third-order valence-corrected chi connectivity index (χ3v) is 5.09. The first-order chi connectivity index (χ1) is 12.4. The highest BCUT2D eigenvalue weighted by Crippen LogP contribution is 2.21. The number of piperazine rings is 1. The quantitative estimate of drug-likeness (QED) is 0.879. The predicted molar refractivity (Wildman–Crippen MR) is 104 cm³/mol. The number of benzene rings is 2. The second-order valence-corrected chi connectivity index (χ2v) is 7.07. The lowest BCUT2D eigenvalue weighted by atomic mass is 10.1. The smallest absolute Gasteiger partial charge is 0.241 e. The minimum atomic E-state index is -0.314. The van der Waals surface area contributed by atoms with Gasteiger partial charge in [-0.25, -0.2) is 4.39 Å². The molecule has 0 radical (unpaired) electrons. The van der Waals surface area contributed by atoms with Crippen LogP contribution in [0.5, 0.6) is 0 Å². The number of amides is 1. The average molecular weight is 376 g/mol. The van der Waals surface area contributed by atoms with Gasteiger partial charge in [0, 0.05) is 42.6 Å².